The number of anilines is 1. The highest BCUT2D eigenvalue weighted by Gasteiger charge is 2.26. The van der Waals surface area contributed by atoms with E-state index in [1.54, 1.807) is 27.9 Å². The summed E-state index contributed by atoms with van der Waals surface area (Å²) >= 11 is 0. The maximum absolute atomic E-state index is 15.9. The van der Waals surface area contributed by atoms with Gasteiger partial charge in [0.15, 0.2) is 17.5 Å². The molecule has 3 aromatic heterocycles. The molecule has 10 nitrogen and oxygen atoms in total. The molecule has 1 saturated heterocycles. The minimum atomic E-state index is -0.711. The number of nitriles is 1. The normalized spacial score (nSPS) is 15.5. The summed E-state index contributed by atoms with van der Waals surface area (Å²) in [6, 6.07) is 11.6. The lowest BCUT2D eigenvalue weighted by molar-refractivity contribution is -0.131. The molecule has 1 atom stereocenters. The minimum Gasteiger partial charge on any atom is -0.508 e. The number of benzene rings is 1. The highest BCUT2D eigenvalue weighted by atomic mass is 19.1. The molecular formula is C26H24FN7O3. The van der Waals surface area contributed by atoms with Crippen molar-refractivity contribution >= 4 is 17.2 Å². The maximum atomic E-state index is 15.9. The number of piperidine rings is 1. The van der Waals surface area contributed by atoms with E-state index in [4.69, 9.17) is 5.26 Å². The number of nitrogens with zero attached hydrogens (tertiary/aromatic N) is 6. The summed E-state index contributed by atoms with van der Waals surface area (Å²) in [6.07, 6.45) is 4.57. The lowest BCUT2D eigenvalue weighted by Crippen LogP contribution is -2.45. The van der Waals surface area contributed by atoms with Crippen LogP contribution in [-0.2, 0) is 11.4 Å². The second-order valence-corrected chi connectivity index (χ2v) is 8.81. The molecule has 5 rings (SSSR count). The van der Waals surface area contributed by atoms with Gasteiger partial charge in [0.1, 0.15) is 17.9 Å². The Labute approximate surface area is 211 Å². The predicted octanol–water partition coefficient (Wildman–Crippen LogP) is 3.11. The number of carbonyl (C=O) groups excluding carboxylic acids is 1. The summed E-state index contributed by atoms with van der Waals surface area (Å²) in [4.78, 5) is 22.8. The summed E-state index contributed by atoms with van der Waals surface area (Å²) in [5.41, 5.74) is 1.91. The smallest absolute Gasteiger partial charge is 0.236 e. The van der Waals surface area contributed by atoms with Gasteiger partial charge in [0.25, 0.3) is 0 Å². The van der Waals surface area contributed by atoms with Crippen molar-refractivity contribution in [1.29, 1.82) is 5.26 Å². The Kier molecular flexibility index (Phi) is 6.66. The van der Waals surface area contributed by atoms with Crippen LogP contribution in [0.4, 0.5) is 10.2 Å². The first-order valence-corrected chi connectivity index (χ1v) is 11.8. The molecule has 3 N–H and O–H groups in total. The number of aliphatic hydroxyl groups is 1. The van der Waals surface area contributed by atoms with Gasteiger partial charge in [0, 0.05) is 36.5 Å². The molecule has 188 valence electrons. The summed E-state index contributed by atoms with van der Waals surface area (Å²) in [5, 5.41) is 36.0. The van der Waals surface area contributed by atoms with Crippen molar-refractivity contribution in [3.8, 4) is 34.5 Å². The average Bonchev–Trinajstić information content (AvgIpc) is 3.34. The number of fused-ring (bicyclic) bond motifs is 1. The molecule has 1 fully saturated rings. The molecule has 0 aliphatic carbocycles. The van der Waals surface area contributed by atoms with Gasteiger partial charge >= 0.3 is 0 Å². The number of nitrogens with one attached hydrogen (secondary N) is 1. The zero-order valence-electron chi connectivity index (χ0n) is 19.8. The number of halogens is 1. The van der Waals surface area contributed by atoms with Crippen LogP contribution in [-0.4, -0.2) is 59.7 Å². The molecule has 0 spiro atoms. The third kappa shape index (κ3) is 4.79. The third-order valence-corrected chi connectivity index (χ3v) is 6.39. The standard InChI is InChI=1S/C26H24FN7O3/c27-23-24(16-6-7-17(15-35)21(36)12-16)31-25(19-13-29-34-11-2-1-5-20(19)34)32-26(23)30-18-4-3-10-33(14-18)22(37)8-9-28/h1-2,5-7,11-13,18,35-36H,3-4,8,10,14-15H2,(H,30,31,32)/t18-/m1/s1. The van der Waals surface area contributed by atoms with Gasteiger partial charge in [-0.15, -0.1) is 0 Å². The van der Waals surface area contributed by atoms with E-state index in [-0.39, 0.29) is 48.1 Å². The molecule has 0 radical (unpaired) electrons. The summed E-state index contributed by atoms with van der Waals surface area (Å²) in [7, 11) is 0. The highest BCUT2D eigenvalue weighted by molar-refractivity contribution is 5.79. The molecular weight excluding hydrogens is 477 g/mol. The Bertz CT molecular complexity index is 1510. The lowest BCUT2D eigenvalue weighted by Gasteiger charge is -2.33. The second-order valence-electron chi connectivity index (χ2n) is 8.81. The monoisotopic (exact) mass is 501 g/mol. The fraction of sp³-hybridized carbons (Fsp3) is 0.269. The number of rotatable bonds is 6. The SMILES string of the molecule is N#CCC(=O)N1CCC[C@@H](Nc2nc(-c3cnn4ccccc34)nc(-c3ccc(CO)c(O)c3)c2F)C1. The van der Waals surface area contributed by atoms with Crippen molar-refractivity contribution in [3.05, 3.63) is 60.2 Å². The summed E-state index contributed by atoms with van der Waals surface area (Å²) in [6.45, 7) is 0.499. The van der Waals surface area contributed by atoms with Crippen LogP contribution in [0.2, 0.25) is 0 Å². The number of carbonyl (C=O) groups is 1. The number of pyridine rings is 1. The first-order valence-electron chi connectivity index (χ1n) is 11.8. The molecule has 1 aromatic carbocycles. The van der Waals surface area contributed by atoms with Crippen molar-refractivity contribution in [2.24, 2.45) is 0 Å². The van der Waals surface area contributed by atoms with Gasteiger partial charge in [-0.05, 0) is 31.0 Å². The number of hydrogen-bond donors (Lipinski definition) is 3. The molecule has 1 aliphatic heterocycles. The Balaban J connectivity index is 1.57. The van der Waals surface area contributed by atoms with Crippen molar-refractivity contribution in [2.45, 2.75) is 31.9 Å². The molecule has 11 heteroatoms. The van der Waals surface area contributed by atoms with Crippen molar-refractivity contribution in [3.63, 3.8) is 0 Å². The van der Waals surface area contributed by atoms with E-state index in [9.17, 15) is 15.0 Å². The van der Waals surface area contributed by atoms with E-state index in [2.05, 4.69) is 20.4 Å². The first-order chi connectivity index (χ1) is 18.0. The first kappa shape index (κ1) is 24.1. The van der Waals surface area contributed by atoms with Crippen molar-refractivity contribution in [1.82, 2.24) is 24.5 Å². The quantitative estimate of drug-likeness (QED) is 0.366. The topological polar surface area (TPSA) is 140 Å². The van der Waals surface area contributed by atoms with Crippen LogP contribution in [0.15, 0.2) is 48.8 Å². The van der Waals surface area contributed by atoms with Crippen molar-refractivity contribution < 1.29 is 19.4 Å². The second kappa shape index (κ2) is 10.2. The Morgan fingerprint density at radius 3 is 2.92 bits per heavy atom. The number of likely N-dealkylation sites (tertiary alicyclic amines) is 1. The highest BCUT2D eigenvalue weighted by Crippen LogP contribution is 2.33. The van der Waals surface area contributed by atoms with Gasteiger partial charge in [0.2, 0.25) is 5.91 Å². The molecule has 1 aliphatic rings. The van der Waals surface area contributed by atoms with Crippen LogP contribution in [0, 0.1) is 17.1 Å². The minimum absolute atomic E-state index is 0.0317. The average molecular weight is 502 g/mol. The van der Waals surface area contributed by atoms with E-state index >= 15 is 4.39 Å². The van der Waals surface area contributed by atoms with Crippen LogP contribution in [0.1, 0.15) is 24.8 Å². The fourth-order valence-electron chi connectivity index (χ4n) is 4.50. The molecule has 4 heterocycles. The van der Waals surface area contributed by atoms with Gasteiger partial charge in [-0.3, -0.25) is 4.79 Å². The van der Waals surface area contributed by atoms with Crippen LogP contribution in [0.25, 0.3) is 28.2 Å². The third-order valence-electron chi connectivity index (χ3n) is 6.39. The fourth-order valence-corrected chi connectivity index (χ4v) is 4.50. The number of amides is 1. The molecule has 0 unspecified atom stereocenters. The van der Waals surface area contributed by atoms with Crippen LogP contribution in [0.5, 0.6) is 5.75 Å². The van der Waals surface area contributed by atoms with E-state index in [1.807, 2.05) is 24.3 Å². The maximum Gasteiger partial charge on any atom is 0.236 e. The van der Waals surface area contributed by atoms with Gasteiger partial charge in [-0.25, -0.2) is 18.9 Å². The number of aromatic nitrogens is 4. The molecule has 4 aromatic rings. The molecule has 0 bridgehead atoms. The summed E-state index contributed by atoms with van der Waals surface area (Å²) in [5.74, 6) is -0.954. The van der Waals surface area contributed by atoms with Crippen LogP contribution >= 0.6 is 0 Å². The molecule has 37 heavy (non-hydrogen) atoms. The zero-order chi connectivity index (χ0) is 25.9. The van der Waals surface area contributed by atoms with Gasteiger partial charge in [-0.2, -0.15) is 10.4 Å². The lowest BCUT2D eigenvalue weighted by atomic mass is 10.0. The zero-order valence-corrected chi connectivity index (χ0v) is 19.8. The molecule has 0 saturated carbocycles. The van der Waals surface area contributed by atoms with Crippen LogP contribution < -0.4 is 5.32 Å². The van der Waals surface area contributed by atoms with Crippen molar-refractivity contribution in [2.75, 3.05) is 18.4 Å². The Morgan fingerprint density at radius 1 is 1.27 bits per heavy atom. The van der Waals surface area contributed by atoms with E-state index in [0.29, 0.717) is 42.6 Å². The van der Waals surface area contributed by atoms with E-state index in [0.717, 1.165) is 5.52 Å². The number of hydrogen-bond acceptors (Lipinski definition) is 8. The van der Waals surface area contributed by atoms with E-state index < -0.39 is 5.82 Å². The van der Waals surface area contributed by atoms with Crippen LogP contribution in [0.3, 0.4) is 0 Å². The number of phenols is 1. The number of aromatic hydroxyl groups is 1. The Hall–Kier alpha value is -4.56. The Morgan fingerprint density at radius 2 is 2.14 bits per heavy atom. The number of aliphatic hydroxyl groups excluding tert-OH is 1. The predicted molar refractivity (Wildman–Crippen MR) is 133 cm³/mol. The van der Waals surface area contributed by atoms with Gasteiger partial charge in [0.05, 0.1) is 30.0 Å². The molecule has 1 amide bonds. The largest absolute Gasteiger partial charge is 0.508 e. The van der Waals surface area contributed by atoms with Gasteiger partial charge in [-0.1, -0.05) is 18.2 Å². The van der Waals surface area contributed by atoms with Gasteiger partial charge < -0.3 is 20.4 Å². The summed E-state index contributed by atoms with van der Waals surface area (Å²) < 4.78 is 17.5. The van der Waals surface area contributed by atoms with E-state index in [1.165, 1.54) is 12.1 Å².